The van der Waals surface area contributed by atoms with Crippen LogP contribution < -0.4 is 15.8 Å². The van der Waals surface area contributed by atoms with E-state index in [2.05, 4.69) is 29.4 Å². The number of ether oxygens (including phenoxy) is 1. The Balaban J connectivity index is 1.28. The second-order valence-corrected chi connectivity index (χ2v) is 9.07. The quantitative estimate of drug-likeness (QED) is 0.129. The molecule has 0 unspecified atom stereocenters. The summed E-state index contributed by atoms with van der Waals surface area (Å²) in [7, 11) is 0. The van der Waals surface area contributed by atoms with Gasteiger partial charge in [-0.2, -0.15) is 5.10 Å². The molecular formula is C30H29FN6O. The molecule has 2 aromatic carbocycles. The third-order valence-electron chi connectivity index (χ3n) is 6.44. The van der Waals surface area contributed by atoms with E-state index in [0.717, 1.165) is 52.2 Å². The van der Waals surface area contributed by atoms with Crippen molar-refractivity contribution in [3.8, 4) is 28.1 Å². The number of benzene rings is 2. The van der Waals surface area contributed by atoms with Crippen molar-refractivity contribution in [3.05, 3.63) is 108 Å². The van der Waals surface area contributed by atoms with Gasteiger partial charge in [-0.3, -0.25) is 10.4 Å². The molecule has 4 N–H and O–H groups in total. The lowest BCUT2D eigenvalue weighted by atomic mass is 10.0. The zero-order chi connectivity index (χ0) is 26.5. The fourth-order valence-corrected chi connectivity index (χ4v) is 4.36. The minimum absolute atomic E-state index is 0.0447. The van der Waals surface area contributed by atoms with Crippen LogP contribution in [-0.4, -0.2) is 33.6 Å². The molecule has 0 aliphatic heterocycles. The van der Waals surface area contributed by atoms with E-state index in [9.17, 15) is 4.39 Å². The van der Waals surface area contributed by atoms with Gasteiger partial charge in [-0.05, 0) is 97.7 Å². The Labute approximate surface area is 220 Å². The monoisotopic (exact) mass is 508 g/mol. The topological polar surface area (TPSA) is 101 Å². The first-order chi connectivity index (χ1) is 18.5. The maximum absolute atomic E-state index is 13.6. The summed E-state index contributed by atoms with van der Waals surface area (Å²) in [6.07, 6.45) is 6.40. The average molecular weight is 509 g/mol. The van der Waals surface area contributed by atoms with Crippen LogP contribution in [0.5, 0.6) is 5.75 Å². The molecule has 0 spiro atoms. The molecule has 1 atom stereocenters. The third-order valence-corrected chi connectivity index (χ3v) is 6.44. The lowest BCUT2D eigenvalue weighted by molar-refractivity contribution is 0.305. The molecule has 8 heteroatoms. The number of hydrogen-bond acceptors (Lipinski definition) is 5. The van der Waals surface area contributed by atoms with E-state index in [0.29, 0.717) is 12.2 Å². The van der Waals surface area contributed by atoms with Gasteiger partial charge < -0.3 is 15.8 Å². The summed E-state index contributed by atoms with van der Waals surface area (Å²) in [6.45, 7) is 3.48. The summed E-state index contributed by atoms with van der Waals surface area (Å²) in [4.78, 5) is 4.15. The number of nitrogen functional groups attached to an aromatic ring is 1. The molecular weight excluding hydrogens is 479 g/mol. The Morgan fingerprint density at radius 2 is 1.74 bits per heavy atom. The summed E-state index contributed by atoms with van der Waals surface area (Å²) in [5.41, 5.74) is 11.9. The van der Waals surface area contributed by atoms with E-state index < -0.39 is 0 Å². The first kappa shape index (κ1) is 25.1. The maximum atomic E-state index is 13.6. The number of pyridine rings is 2. The van der Waals surface area contributed by atoms with Gasteiger partial charge in [0, 0.05) is 41.3 Å². The zero-order valence-corrected chi connectivity index (χ0v) is 21.1. The number of nitrogens with two attached hydrogens (primary N) is 1. The van der Waals surface area contributed by atoms with Crippen LogP contribution in [0.25, 0.3) is 27.9 Å². The molecule has 3 aromatic heterocycles. The number of hydrogen-bond donors (Lipinski definition) is 3. The molecule has 5 aromatic rings. The standard InChI is InChI=1S/C30H29FN6O/c1-20(35-15-2-18-38-26-10-5-23(6-11-26)30(32)33)24-7-12-27-28(21-13-16-34-17-14-21)29(36-37(27)19-24)22-3-8-25(31)9-4-22/h3-14,16-17,19-20,35H,2,15,18H2,1H3,(H3,32,33)/t20-/m0/s1. The van der Waals surface area contributed by atoms with Gasteiger partial charge in [-0.25, -0.2) is 8.91 Å². The van der Waals surface area contributed by atoms with Crippen LogP contribution in [0, 0.1) is 11.2 Å². The molecule has 0 saturated heterocycles. The van der Waals surface area contributed by atoms with Crippen LogP contribution in [0.1, 0.15) is 30.5 Å². The Bertz CT molecular complexity index is 1530. The van der Waals surface area contributed by atoms with E-state index in [-0.39, 0.29) is 17.7 Å². The molecule has 38 heavy (non-hydrogen) atoms. The Morgan fingerprint density at radius 1 is 1.00 bits per heavy atom. The van der Waals surface area contributed by atoms with Crippen molar-refractivity contribution in [1.82, 2.24) is 19.9 Å². The molecule has 0 radical (unpaired) electrons. The molecule has 0 amide bonds. The van der Waals surface area contributed by atoms with Crippen molar-refractivity contribution in [2.45, 2.75) is 19.4 Å². The SMILES string of the molecule is C[C@H](NCCCOc1ccc(C(=N)N)cc1)c1ccc2c(-c3ccncc3)c(-c3ccc(F)cc3)nn2c1. The van der Waals surface area contributed by atoms with Crippen molar-refractivity contribution in [2.24, 2.45) is 5.73 Å². The highest BCUT2D eigenvalue weighted by Gasteiger charge is 2.17. The Hall–Kier alpha value is -4.56. The maximum Gasteiger partial charge on any atom is 0.123 e. The van der Waals surface area contributed by atoms with Crippen molar-refractivity contribution < 1.29 is 9.13 Å². The molecule has 0 aliphatic rings. The molecule has 192 valence electrons. The van der Waals surface area contributed by atoms with Gasteiger partial charge >= 0.3 is 0 Å². The van der Waals surface area contributed by atoms with Gasteiger partial charge in [0.2, 0.25) is 0 Å². The van der Waals surface area contributed by atoms with Gasteiger partial charge in [0.05, 0.1) is 12.1 Å². The number of aromatic nitrogens is 3. The van der Waals surface area contributed by atoms with E-state index in [1.807, 2.05) is 35.0 Å². The second-order valence-electron chi connectivity index (χ2n) is 9.07. The van der Waals surface area contributed by atoms with Crippen LogP contribution in [-0.2, 0) is 0 Å². The molecule has 0 saturated carbocycles. The number of nitrogens with zero attached hydrogens (tertiary/aromatic N) is 3. The molecule has 0 fully saturated rings. The van der Waals surface area contributed by atoms with Crippen molar-refractivity contribution >= 4 is 11.4 Å². The van der Waals surface area contributed by atoms with E-state index in [4.69, 9.17) is 21.0 Å². The second kappa shape index (κ2) is 11.2. The fourth-order valence-electron chi connectivity index (χ4n) is 4.36. The molecule has 5 rings (SSSR count). The highest BCUT2D eigenvalue weighted by atomic mass is 19.1. The average Bonchev–Trinajstić information content (AvgIpc) is 3.32. The summed E-state index contributed by atoms with van der Waals surface area (Å²) < 4.78 is 21.3. The van der Waals surface area contributed by atoms with Crippen LogP contribution in [0.15, 0.2) is 91.4 Å². The van der Waals surface area contributed by atoms with Gasteiger partial charge in [-0.1, -0.05) is 6.07 Å². The van der Waals surface area contributed by atoms with Crippen LogP contribution in [0.2, 0.25) is 0 Å². The smallest absolute Gasteiger partial charge is 0.123 e. The number of fused-ring (bicyclic) bond motifs is 1. The highest BCUT2D eigenvalue weighted by molar-refractivity contribution is 5.95. The first-order valence-corrected chi connectivity index (χ1v) is 12.5. The predicted octanol–water partition coefficient (Wildman–Crippen LogP) is 5.61. The van der Waals surface area contributed by atoms with E-state index in [1.54, 1.807) is 36.7 Å². The molecule has 0 aliphatic carbocycles. The van der Waals surface area contributed by atoms with Crippen molar-refractivity contribution in [1.29, 1.82) is 5.41 Å². The van der Waals surface area contributed by atoms with Crippen LogP contribution in [0.3, 0.4) is 0 Å². The summed E-state index contributed by atoms with van der Waals surface area (Å²) in [5.74, 6) is 0.527. The summed E-state index contributed by atoms with van der Waals surface area (Å²) in [5, 5.41) is 15.9. The largest absolute Gasteiger partial charge is 0.494 e. The summed E-state index contributed by atoms with van der Waals surface area (Å²) >= 11 is 0. The summed E-state index contributed by atoms with van der Waals surface area (Å²) in [6, 6.07) is 21.9. The fraction of sp³-hybridized carbons (Fsp3) is 0.167. The van der Waals surface area contributed by atoms with Gasteiger partial charge in [-0.15, -0.1) is 0 Å². The van der Waals surface area contributed by atoms with Crippen molar-refractivity contribution in [3.63, 3.8) is 0 Å². The van der Waals surface area contributed by atoms with Gasteiger partial charge in [0.25, 0.3) is 0 Å². The zero-order valence-electron chi connectivity index (χ0n) is 21.1. The number of rotatable bonds is 10. The lowest BCUT2D eigenvalue weighted by Gasteiger charge is -2.15. The molecule has 0 bridgehead atoms. The first-order valence-electron chi connectivity index (χ1n) is 12.5. The number of halogens is 1. The molecule has 3 heterocycles. The van der Waals surface area contributed by atoms with Gasteiger partial charge in [0.15, 0.2) is 0 Å². The minimum Gasteiger partial charge on any atom is -0.494 e. The Kier molecular flexibility index (Phi) is 7.42. The highest BCUT2D eigenvalue weighted by Crippen LogP contribution is 2.35. The minimum atomic E-state index is -0.276. The predicted molar refractivity (Wildman–Crippen MR) is 148 cm³/mol. The lowest BCUT2D eigenvalue weighted by Crippen LogP contribution is -2.21. The van der Waals surface area contributed by atoms with Crippen LogP contribution >= 0.6 is 0 Å². The third kappa shape index (κ3) is 5.55. The van der Waals surface area contributed by atoms with Crippen molar-refractivity contribution in [2.75, 3.05) is 13.2 Å². The Morgan fingerprint density at radius 3 is 2.45 bits per heavy atom. The van der Waals surface area contributed by atoms with E-state index >= 15 is 0 Å². The number of amidine groups is 1. The van der Waals surface area contributed by atoms with Crippen LogP contribution in [0.4, 0.5) is 4.39 Å². The van der Waals surface area contributed by atoms with Gasteiger partial charge in [0.1, 0.15) is 23.1 Å². The van der Waals surface area contributed by atoms with E-state index in [1.165, 1.54) is 12.1 Å². The number of nitrogens with one attached hydrogen (secondary N) is 2. The molecule has 7 nitrogen and oxygen atoms in total. The normalized spacial score (nSPS) is 11.9.